The first-order valence-electron chi connectivity index (χ1n) is 6.29. The van der Waals surface area contributed by atoms with Gasteiger partial charge in [0.25, 0.3) is 0 Å². The predicted octanol–water partition coefficient (Wildman–Crippen LogP) is 4.19. The fourth-order valence-corrected chi connectivity index (χ4v) is 2.54. The molecule has 0 fully saturated rings. The van der Waals surface area contributed by atoms with Gasteiger partial charge in [0.15, 0.2) is 0 Å². The van der Waals surface area contributed by atoms with Crippen LogP contribution >= 0.6 is 11.3 Å². The quantitative estimate of drug-likeness (QED) is 0.520. The standard InChI is InChI=1S/C15H12N6S/c1-9-3-12(18)4-10(2)14(9)20-21-15-19-8-13(22-15)5-11(6-16)7-17/h3-5,8H,18H2,1-2H3. The van der Waals surface area contributed by atoms with Gasteiger partial charge in [0, 0.05) is 11.9 Å². The van der Waals surface area contributed by atoms with Gasteiger partial charge in [-0.2, -0.15) is 10.5 Å². The molecule has 108 valence electrons. The monoisotopic (exact) mass is 308 g/mol. The van der Waals surface area contributed by atoms with Gasteiger partial charge < -0.3 is 5.73 Å². The van der Waals surface area contributed by atoms with Crippen molar-refractivity contribution < 1.29 is 0 Å². The van der Waals surface area contributed by atoms with E-state index in [1.165, 1.54) is 17.4 Å². The molecule has 1 aromatic carbocycles. The van der Waals surface area contributed by atoms with Crippen LogP contribution in [0.15, 0.2) is 34.1 Å². The second-order valence-corrected chi connectivity index (χ2v) is 5.57. The summed E-state index contributed by atoms with van der Waals surface area (Å²) in [5.74, 6) is 0. The lowest BCUT2D eigenvalue weighted by Crippen LogP contribution is -1.88. The Balaban J connectivity index is 2.26. The van der Waals surface area contributed by atoms with Crippen LogP contribution in [-0.4, -0.2) is 4.98 Å². The molecular formula is C15H12N6S. The Labute approximate surface area is 131 Å². The third-order valence-corrected chi connectivity index (χ3v) is 3.62. The van der Waals surface area contributed by atoms with Gasteiger partial charge in [0.2, 0.25) is 5.13 Å². The van der Waals surface area contributed by atoms with Crippen LogP contribution < -0.4 is 5.73 Å². The number of nitriles is 2. The number of aryl methyl sites for hydroxylation is 2. The summed E-state index contributed by atoms with van der Waals surface area (Å²) in [5, 5.41) is 26.2. The molecule has 0 bridgehead atoms. The average molecular weight is 308 g/mol. The van der Waals surface area contributed by atoms with Gasteiger partial charge >= 0.3 is 0 Å². The second kappa shape index (κ2) is 6.61. The fourth-order valence-electron chi connectivity index (χ4n) is 1.86. The maximum absolute atomic E-state index is 8.72. The van der Waals surface area contributed by atoms with E-state index in [1.54, 1.807) is 18.3 Å². The van der Waals surface area contributed by atoms with Crippen molar-refractivity contribution in [3.05, 3.63) is 39.9 Å². The van der Waals surface area contributed by atoms with Crippen molar-refractivity contribution in [2.75, 3.05) is 5.73 Å². The van der Waals surface area contributed by atoms with Crippen LogP contribution in [0.4, 0.5) is 16.5 Å². The van der Waals surface area contributed by atoms with E-state index >= 15 is 0 Å². The number of nitrogens with two attached hydrogens (primary N) is 1. The lowest BCUT2D eigenvalue weighted by atomic mass is 10.1. The van der Waals surface area contributed by atoms with Crippen molar-refractivity contribution in [1.29, 1.82) is 10.5 Å². The number of azo groups is 1. The highest BCUT2D eigenvalue weighted by atomic mass is 32.1. The largest absolute Gasteiger partial charge is 0.399 e. The molecule has 0 aliphatic carbocycles. The highest BCUT2D eigenvalue weighted by molar-refractivity contribution is 7.16. The Morgan fingerprint density at radius 2 is 1.86 bits per heavy atom. The first-order chi connectivity index (χ1) is 10.5. The summed E-state index contributed by atoms with van der Waals surface area (Å²) < 4.78 is 0. The number of nitrogens with zero attached hydrogens (tertiary/aromatic N) is 5. The van der Waals surface area contributed by atoms with Crippen molar-refractivity contribution in [3.8, 4) is 12.1 Å². The Morgan fingerprint density at radius 1 is 1.23 bits per heavy atom. The molecule has 1 heterocycles. The molecule has 0 saturated carbocycles. The predicted molar refractivity (Wildman–Crippen MR) is 85.8 cm³/mol. The zero-order valence-electron chi connectivity index (χ0n) is 12.0. The van der Waals surface area contributed by atoms with Gasteiger partial charge in [-0.25, -0.2) is 4.98 Å². The molecular weight excluding hydrogens is 296 g/mol. The molecule has 0 unspecified atom stereocenters. The van der Waals surface area contributed by atoms with E-state index in [2.05, 4.69) is 15.2 Å². The van der Waals surface area contributed by atoms with Crippen molar-refractivity contribution >= 4 is 33.9 Å². The van der Waals surface area contributed by atoms with Crippen LogP contribution in [0.25, 0.3) is 6.08 Å². The van der Waals surface area contributed by atoms with Crippen molar-refractivity contribution in [3.63, 3.8) is 0 Å². The van der Waals surface area contributed by atoms with Crippen LogP contribution in [0, 0.1) is 36.5 Å². The smallest absolute Gasteiger partial charge is 0.230 e. The van der Waals surface area contributed by atoms with Crippen molar-refractivity contribution in [1.82, 2.24) is 4.98 Å². The first-order valence-corrected chi connectivity index (χ1v) is 7.11. The van der Waals surface area contributed by atoms with Crippen LogP contribution in [0.3, 0.4) is 0 Å². The molecule has 6 nitrogen and oxygen atoms in total. The maximum atomic E-state index is 8.72. The highest BCUT2D eigenvalue weighted by Crippen LogP contribution is 2.30. The van der Waals surface area contributed by atoms with Gasteiger partial charge in [0.1, 0.15) is 17.7 Å². The zero-order valence-corrected chi connectivity index (χ0v) is 12.8. The maximum Gasteiger partial charge on any atom is 0.230 e. The van der Waals surface area contributed by atoms with Crippen molar-refractivity contribution in [2.45, 2.75) is 13.8 Å². The summed E-state index contributed by atoms with van der Waals surface area (Å²) in [7, 11) is 0. The number of benzene rings is 1. The molecule has 2 aromatic rings. The van der Waals surface area contributed by atoms with E-state index < -0.39 is 0 Å². The van der Waals surface area contributed by atoms with Gasteiger partial charge in [-0.05, 0) is 43.2 Å². The minimum Gasteiger partial charge on any atom is -0.399 e. The number of aromatic nitrogens is 1. The number of rotatable bonds is 3. The Kier molecular flexibility index (Phi) is 4.62. The Hall–Kier alpha value is -3.03. The van der Waals surface area contributed by atoms with E-state index in [9.17, 15) is 0 Å². The summed E-state index contributed by atoms with van der Waals surface area (Å²) in [5.41, 5.74) is 9.12. The van der Waals surface area contributed by atoms with Crippen LogP contribution in [0.1, 0.15) is 16.0 Å². The lowest BCUT2D eigenvalue weighted by molar-refractivity contribution is 1.17. The van der Waals surface area contributed by atoms with E-state index in [1.807, 2.05) is 26.0 Å². The lowest BCUT2D eigenvalue weighted by Gasteiger charge is -2.04. The summed E-state index contributed by atoms with van der Waals surface area (Å²) in [4.78, 5) is 4.78. The number of hydrogen-bond donors (Lipinski definition) is 1. The molecule has 0 amide bonds. The molecule has 0 atom stereocenters. The van der Waals surface area contributed by atoms with Gasteiger partial charge in [-0.1, -0.05) is 11.3 Å². The first kappa shape index (κ1) is 15.4. The van der Waals surface area contributed by atoms with Crippen LogP contribution in [-0.2, 0) is 0 Å². The van der Waals surface area contributed by atoms with Crippen molar-refractivity contribution in [2.24, 2.45) is 10.2 Å². The zero-order chi connectivity index (χ0) is 16.1. The van der Waals surface area contributed by atoms with E-state index in [0.29, 0.717) is 15.7 Å². The summed E-state index contributed by atoms with van der Waals surface area (Å²) in [6, 6.07) is 7.27. The number of allylic oxidation sites excluding steroid dienone is 1. The minimum atomic E-state index is 0.0253. The van der Waals surface area contributed by atoms with E-state index in [0.717, 1.165) is 16.8 Å². The summed E-state index contributed by atoms with van der Waals surface area (Å²) in [6.45, 7) is 3.83. The van der Waals surface area contributed by atoms with E-state index in [-0.39, 0.29) is 5.57 Å². The SMILES string of the molecule is Cc1cc(N)cc(C)c1N=Nc1ncc(C=C(C#N)C#N)s1. The van der Waals surface area contributed by atoms with E-state index in [4.69, 9.17) is 16.3 Å². The molecule has 0 spiro atoms. The Bertz CT molecular complexity index is 809. The summed E-state index contributed by atoms with van der Waals surface area (Å²) in [6.07, 6.45) is 3.02. The third-order valence-electron chi connectivity index (χ3n) is 2.79. The van der Waals surface area contributed by atoms with Gasteiger partial charge in [-0.15, -0.1) is 10.2 Å². The Morgan fingerprint density at radius 3 is 2.45 bits per heavy atom. The second-order valence-electron chi connectivity index (χ2n) is 4.53. The molecule has 2 rings (SSSR count). The number of nitrogen functional groups attached to an aromatic ring is 1. The normalized spacial score (nSPS) is 10.2. The van der Waals surface area contributed by atoms with Gasteiger partial charge in [-0.3, -0.25) is 0 Å². The summed E-state index contributed by atoms with van der Waals surface area (Å²) >= 11 is 1.25. The highest BCUT2D eigenvalue weighted by Gasteiger charge is 2.04. The minimum absolute atomic E-state index is 0.0253. The molecule has 0 saturated heterocycles. The molecule has 0 aliphatic heterocycles. The van der Waals surface area contributed by atoms with Gasteiger partial charge in [0.05, 0.1) is 10.6 Å². The topological polar surface area (TPSA) is 111 Å². The fraction of sp³-hybridized carbons (Fsp3) is 0.133. The molecule has 22 heavy (non-hydrogen) atoms. The number of thiazole rings is 1. The number of anilines is 1. The molecule has 0 aliphatic rings. The van der Waals surface area contributed by atoms with Crippen LogP contribution in [0.2, 0.25) is 0 Å². The molecule has 7 heteroatoms. The molecule has 2 N–H and O–H groups in total. The third kappa shape index (κ3) is 3.54. The molecule has 1 aromatic heterocycles. The number of hydrogen-bond acceptors (Lipinski definition) is 7. The molecule has 0 radical (unpaired) electrons. The van der Waals surface area contributed by atoms with Crippen LogP contribution in [0.5, 0.6) is 0 Å². The average Bonchev–Trinajstić information content (AvgIpc) is 2.91.